The lowest BCUT2D eigenvalue weighted by atomic mass is 9.52. The minimum Gasteiger partial charge on any atom is -0.460 e. The molecule has 4 aliphatic carbocycles. The second-order valence-corrected chi connectivity index (χ2v) is 7.48. The quantitative estimate of drug-likeness (QED) is 0.797. The Balaban J connectivity index is 1.44. The van der Waals surface area contributed by atoms with Crippen molar-refractivity contribution >= 4 is 5.97 Å². The summed E-state index contributed by atoms with van der Waals surface area (Å²) in [6.07, 6.45) is 5.98. The highest BCUT2D eigenvalue weighted by molar-refractivity contribution is 5.73. The molecule has 0 aliphatic heterocycles. The first kappa shape index (κ1) is 14.7. The number of esters is 1. The van der Waals surface area contributed by atoms with Crippen molar-refractivity contribution in [2.24, 2.45) is 29.6 Å². The van der Waals surface area contributed by atoms with Crippen LogP contribution in [0.1, 0.15) is 43.2 Å². The van der Waals surface area contributed by atoms with Crippen molar-refractivity contribution in [1.82, 2.24) is 0 Å². The Bertz CT molecular complexity index is 650. The van der Waals surface area contributed by atoms with E-state index < -0.39 is 5.82 Å². The zero-order valence-electron chi connectivity index (χ0n) is 13.0. The first-order valence-corrected chi connectivity index (χ1v) is 8.49. The van der Waals surface area contributed by atoms with E-state index in [1.165, 1.54) is 24.6 Å². The maximum Gasteiger partial charge on any atom is 0.309 e. The predicted molar refractivity (Wildman–Crippen MR) is 81.4 cm³/mol. The Hall–Kier alpha value is -1.89. The molecule has 120 valence electrons. The second kappa shape index (κ2) is 5.63. The van der Waals surface area contributed by atoms with E-state index in [1.807, 2.05) is 6.07 Å². The van der Waals surface area contributed by atoms with Gasteiger partial charge in [-0.05, 0) is 74.0 Å². The molecule has 23 heavy (non-hydrogen) atoms. The summed E-state index contributed by atoms with van der Waals surface area (Å²) >= 11 is 0. The Morgan fingerprint density at radius 3 is 2.43 bits per heavy atom. The number of nitrogens with zero attached hydrogens (tertiary/aromatic N) is 1. The molecule has 0 N–H and O–H groups in total. The molecule has 5 rings (SSSR count). The molecule has 4 heteroatoms. The van der Waals surface area contributed by atoms with Gasteiger partial charge in [0, 0.05) is 5.56 Å². The molecule has 0 saturated heterocycles. The summed E-state index contributed by atoms with van der Waals surface area (Å²) in [6, 6.07) is 6.12. The van der Waals surface area contributed by atoms with Crippen LogP contribution in [0.4, 0.5) is 4.39 Å². The highest BCUT2D eigenvalue weighted by atomic mass is 19.1. The van der Waals surface area contributed by atoms with Gasteiger partial charge in [0.1, 0.15) is 12.4 Å². The van der Waals surface area contributed by atoms with E-state index in [2.05, 4.69) is 0 Å². The van der Waals surface area contributed by atoms with Crippen molar-refractivity contribution in [3.05, 3.63) is 35.1 Å². The van der Waals surface area contributed by atoms with E-state index in [-0.39, 0.29) is 24.1 Å². The van der Waals surface area contributed by atoms with Gasteiger partial charge in [-0.3, -0.25) is 4.79 Å². The topological polar surface area (TPSA) is 50.1 Å². The smallest absolute Gasteiger partial charge is 0.309 e. The van der Waals surface area contributed by atoms with Crippen molar-refractivity contribution in [3.63, 3.8) is 0 Å². The molecule has 1 aromatic carbocycles. The number of carbonyl (C=O) groups is 1. The van der Waals surface area contributed by atoms with Crippen LogP contribution in [0.25, 0.3) is 0 Å². The van der Waals surface area contributed by atoms with Crippen molar-refractivity contribution in [2.75, 3.05) is 0 Å². The van der Waals surface area contributed by atoms with Gasteiger partial charge in [0.15, 0.2) is 0 Å². The van der Waals surface area contributed by atoms with Crippen molar-refractivity contribution < 1.29 is 13.9 Å². The molecule has 0 radical (unpaired) electrons. The summed E-state index contributed by atoms with van der Waals surface area (Å²) in [5.74, 6) is 1.97. The molecule has 4 aliphatic rings. The molecule has 0 unspecified atom stereocenters. The molecule has 0 spiro atoms. The summed E-state index contributed by atoms with van der Waals surface area (Å²) in [7, 11) is 0. The van der Waals surface area contributed by atoms with Crippen molar-refractivity contribution in [2.45, 2.75) is 38.7 Å². The molecule has 0 atom stereocenters. The number of ether oxygens (including phenoxy) is 1. The number of hydrogen-bond acceptors (Lipinski definition) is 3. The monoisotopic (exact) mass is 313 g/mol. The van der Waals surface area contributed by atoms with E-state index in [0.29, 0.717) is 17.4 Å². The van der Waals surface area contributed by atoms with Gasteiger partial charge in [0.25, 0.3) is 0 Å². The Morgan fingerprint density at radius 2 is 1.83 bits per heavy atom. The van der Waals surface area contributed by atoms with Crippen LogP contribution in [-0.2, 0) is 16.1 Å². The van der Waals surface area contributed by atoms with Crippen molar-refractivity contribution in [1.29, 1.82) is 5.26 Å². The fourth-order valence-electron chi connectivity index (χ4n) is 5.31. The van der Waals surface area contributed by atoms with Crippen LogP contribution in [-0.4, -0.2) is 5.97 Å². The maximum absolute atomic E-state index is 13.8. The number of hydrogen-bond donors (Lipinski definition) is 0. The highest BCUT2D eigenvalue weighted by Gasteiger charge is 2.51. The van der Waals surface area contributed by atoms with E-state index in [9.17, 15) is 9.18 Å². The second-order valence-electron chi connectivity index (χ2n) is 7.48. The minimum atomic E-state index is -0.429. The summed E-state index contributed by atoms with van der Waals surface area (Å²) in [6.45, 7) is -0.0804. The molecule has 0 heterocycles. The summed E-state index contributed by atoms with van der Waals surface area (Å²) < 4.78 is 19.2. The molecular weight excluding hydrogens is 293 g/mol. The lowest BCUT2D eigenvalue weighted by Gasteiger charge is -2.53. The summed E-state index contributed by atoms with van der Waals surface area (Å²) in [5.41, 5.74) is 0.660. The minimum absolute atomic E-state index is 0.00464. The van der Waals surface area contributed by atoms with E-state index in [0.717, 1.165) is 37.5 Å². The normalized spacial score (nSPS) is 34.2. The zero-order chi connectivity index (χ0) is 16.0. The molecule has 4 bridgehead atoms. The number of benzene rings is 1. The summed E-state index contributed by atoms with van der Waals surface area (Å²) in [5, 5.41) is 8.89. The fourth-order valence-corrected chi connectivity index (χ4v) is 5.31. The predicted octanol–water partition coefficient (Wildman–Crippen LogP) is 3.81. The van der Waals surface area contributed by atoms with Crippen LogP contribution in [0.15, 0.2) is 18.2 Å². The molecule has 4 fully saturated rings. The van der Waals surface area contributed by atoms with Crippen LogP contribution >= 0.6 is 0 Å². The zero-order valence-corrected chi connectivity index (χ0v) is 13.0. The Kier molecular flexibility index (Phi) is 3.60. The highest BCUT2D eigenvalue weighted by Crippen LogP contribution is 2.56. The maximum atomic E-state index is 13.8. The average Bonchev–Trinajstić information content (AvgIpc) is 2.53. The van der Waals surface area contributed by atoms with E-state index in [4.69, 9.17) is 10.00 Å². The fraction of sp³-hybridized carbons (Fsp3) is 0.579. The number of nitriles is 1. The molecule has 0 amide bonds. The van der Waals surface area contributed by atoms with Gasteiger partial charge in [-0.25, -0.2) is 4.39 Å². The van der Waals surface area contributed by atoms with Crippen LogP contribution < -0.4 is 0 Å². The van der Waals surface area contributed by atoms with Gasteiger partial charge >= 0.3 is 5.97 Å². The number of halogens is 1. The third kappa shape index (κ3) is 2.63. The van der Waals surface area contributed by atoms with E-state index >= 15 is 0 Å². The average molecular weight is 313 g/mol. The molecule has 4 saturated carbocycles. The van der Waals surface area contributed by atoms with Gasteiger partial charge < -0.3 is 4.74 Å². The van der Waals surface area contributed by atoms with E-state index in [1.54, 1.807) is 0 Å². The molecule has 3 nitrogen and oxygen atoms in total. The van der Waals surface area contributed by atoms with Gasteiger partial charge in [-0.2, -0.15) is 5.26 Å². The van der Waals surface area contributed by atoms with Crippen LogP contribution in [0.2, 0.25) is 0 Å². The van der Waals surface area contributed by atoms with Gasteiger partial charge in [0.05, 0.1) is 17.6 Å². The lowest BCUT2D eigenvalue weighted by molar-refractivity contribution is -0.163. The van der Waals surface area contributed by atoms with Crippen molar-refractivity contribution in [3.8, 4) is 6.07 Å². The third-order valence-corrected chi connectivity index (χ3v) is 6.04. The van der Waals surface area contributed by atoms with Crippen LogP contribution in [0, 0.1) is 46.7 Å². The molecular formula is C19H20FNO2. The van der Waals surface area contributed by atoms with Gasteiger partial charge in [0.2, 0.25) is 0 Å². The SMILES string of the molecule is N#Cc1ccc(F)c(COC(=O)C2C3CC4CC(C3)CC2C4)c1. The van der Waals surface area contributed by atoms with Gasteiger partial charge in [-0.15, -0.1) is 0 Å². The van der Waals surface area contributed by atoms with Crippen LogP contribution in [0.5, 0.6) is 0 Å². The first-order chi connectivity index (χ1) is 11.1. The Labute approximate surface area is 135 Å². The number of carbonyl (C=O) groups excluding carboxylic acids is 1. The standard InChI is InChI=1S/C19H20FNO2/c20-17-2-1-11(9-21)4-16(17)10-23-19(22)18-14-5-12-3-13(7-14)8-15(18)6-12/h1-2,4,12-15,18H,3,5-8,10H2. The molecule has 1 aromatic rings. The largest absolute Gasteiger partial charge is 0.460 e. The Morgan fingerprint density at radius 1 is 1.17 bits per heavy atom. The molecule has 0 aromatic heterocycles. The number of rotatable bonds is 3. The summed E-state index contributed by atoms with van der Waals surface area (Å²) in [4.78, 5) is 12.6. The third-order valence-electron chi connectivity index (χ3n) is 6.04. The van der Waals surface area contributed by atoms with Crippen LogP contribution in [0.3, 0.4) is 0 Å². The van der Waals surface area contributed by atoms with Gasteiger partial charge in [-0.1, -0.05) is 0 Å². The lowest BCUT2D eigenvalue weighted by Crippen LogP contribution is -2.48. The first-order valence-electron chi connectivity index (χ1n) is 8.49.